The molecule has 1 saturated heterocycles. The van der Waals surface area contributed by atoms with Crippen molar-refractivity contribution in [3.05, 3.63) is 70.9 Å². The minimum atomic E-state index is -0.659. The SMILES string of the molecule is O=C(CN1C(=O)N[C@H](Cc2c[nH]c3ccccc23)C1=O)c1ccc2c(c1)CCCC2. The van der Waals surface area contributed by atoms with Gasteiger partial charge in [-0.15, -0.1) is 0 Å². The maximum absolute atomic E-state index is 12.9. The van der Waals surface area contributed by atoms with Crippen LogP contribution in [0.3, 0.4) is 0 Å². The number of fused-ring (bicyclic) bond motifs is 2. The molecule has 2 aromatic carbocycles. The first-order valence-electron chi connectivity index (χ1n) is 10.4. The Labute approximate surface area is 174 Å². The van der Waals surface area contributed by atoms with Gasteiger partial charge in [0.25, 0.3) is 5.91 Å². The number of aromatic nitrogens is 1. The minimum Gasteiger partial charge on any atom is -0.361 e. The van der Waals surface area contributed by atoms with Gasteiger partial charge in [-0.1, -0.05) is 30.3 Å². The van der Waals surface area contributed by atoms with E-state index in [2.05, 4.69) is 10.3 Å². The lowest BCUT2D eigenvalue weighted by Crippen LogP contribution is -2.36. The van der Waals surface area contributed by atoms with Gasteiger partial charge in [-0.05, 0) is 54.5 Å². The smallest absolute Gasteiger partial charge is 0.325 e. The number of rotatable bonds is 5. The number of benzene rings is 2. The number of nitrogens with zero attached hydrogens (tertiary/aromatic N) is 1. The van der Waals surface area contributed by atoms with Crippen molar-refractivity contribution >= 4 is 28.6 Å². The van der Waals surface area contributed by atoms with Crippen LogP contribution in [0.5, 0.6) is 0 Å². The van der Waals surface area contributed by atoms with Gasteiger partial charge in [-0.3, -0.25) is 14.5 Å². The number of amides is 3. The van der Waals surface area contributed by atoms with Crippen molar-refractivity contribution in [2.45, 2.75) is 38.1 Å². The Morgan fingerprint density at radius 1 is 1.03 bits per heavy atom. The van der Waals surface area contributed by atoms with Gasteiger partial charge in [-0.25, -0.2) is 4.79 Å². The van der Waals surface area contributed by atoms with Crippen molar-refractivity contribution < 1.29 is 14.4 Å². The highest BCUT2D eigenvalue weighted by molar-refractivity contribution is 6.09. The second-order valence-corrected chi connectivity index (χ2v) is 8.10. The second kappa shape index (κ2) is 7.44. The van der Waals surface area contributed by atoms with E-state index in [1.165, 1.54) is 17.5 Å². The molecule has 1 atom stereocenters. The Kier molecular flexibility index (Phi) is 4.62. The number of ketones is 1. The standard InChI is InChI=1S/C24H23N3O3/c28-22(17-10-9-15-5-1-2-6-16(15)11-17)14-27-23(29)21(26-24(27)30)12-18-13-25-20-8-4-3-7-19(18)20/h3-4,7-11,13,21,25H,1-2,5-6,12,14H2,(H,26,30)/t21-/m1/s1. The van der Waals surface area contributed by atoms with Gasteiger partial charge in [0, 0.05) is 29.1 Å². The number of hydrogen-bond acceptors (Lipinski definition) is 3. The number of carbonyl (C=O) groups excluding carboxylic acids is 3. The number of hydrogen-bond donors (Lipinski definition) is 2. The summed E-state index contributed by atoms with van der Waals surface area (Å²) >= 11 is 0. The second-order valence-electron chi connectivity index (χ2n) is 8.10. The number of urea groups is 1. The number of aromatic amines is 1. The molecule has 1 aliphatic carbocycles. The number of nitrogens with one attached hydrogen (secondary N) is 2. The number of H-pyrrole nitrogens is 1. The van der Waals surface area contributed by atoms with Crippen molar-refractivity contribution in [1.82, 2.24) is 15.2 Å². The van der Waals surface area contributed by atoms with E-state index in [1.807, 2.05) is 48.7 Å². The van der Waals surface area contributed by atoms with E-state index in [0.717, 1.165) is 40.6 Å². The summed E-state index contributed by atoms with van der Waals surface area (Å²) in [5.74, 6) is -0.559. The van der Waals surface area contributed by atoms with Crippen molar-refractivity contribution in [2.75, 3.05) is 6.54 Å². The predicted molar refractivity (Wildman–Crippen MR) is 113 cm³/mol. The summed E-state index contributed by atoms with van der Waals surface area (Å²) in [6.45, 7) is -0.228. The molecule has 152 valence electrons. The van der Waals surface area contributed by atoms with Crippen LogP contribution in [0, 0.1) is 0 Å². The van der Waals surface area contributed by atoms with E-state index in [4.69, 9.17) is 0 Å². The van der Waals surface area contributed by atoms with Crippen LogP contribution < -0.4 is 5.32 Å². The molecule has 3 aromatic rings. The summed E-state index contributed by atoms with van der Waals surface area (Å²) < 4.78 is 0. The zero-order valence-corrected chi connectivity index (χ0v) is 16.6. The average Bonchev–Trinajstić information content (AvgIpc) is 3.29. The molecule has 0 radical (unpaired) electrons. The fourth-order valence-electron chi connectivity index (χ4n) is 4.53. The lowest BCUT2D eigenvalue weighted by molar-refractivity contribution is -0.127. The largest absolute Gasteiger partial charge is 0.361 e. The van der Waals surface area contributed by atoms with E-state index in [9.17, 15) is 14.4 Å². The normalized spacial score (nSPS) is 18.5. The highest BCUT2D eigenvalue weighted by atomic mass is 16.2. The van der Waals surface area contributed by atoms with Crippen molar-refractivity contribution in [3.8, 4) is 0 Å². The molecule has 1 fully saturated rings. The molecular formula is C24H23N3O3. The summed E-state index contributed by atoms with van der Waals surface area (Å²) in [6, 6.07) is 12.4. The molecule has 0 unspecified atom stereocenters. The molecule has 0 saturated carbocycles. The van der Waals surface area contributed by atoms with E-state index in [0.29, 0.717) is 12.0 Å². The summed E-state index contributed by atoms with van der Waals surface area (Å²) in [6.07, 6.45) is 6.59. The van der Waals surface area contributed by atoms with Crippen LogP contribution in [0.25, 0.3) is 10.9 Å². The van der Waals surface area contributed by atoms with Gasteiger partial charge < -0.3 is 10.3 Å². The molecule has 30 heavy (non-hydrogen) atoms. The third-order valence-corrected chi connectivity index (χ3v) is 6.18. The van der Waals surface area contributed by atoms with E-state index in [-0.39, 0.29) is 18.2 Å². The number of para-hydroxylation sites is 1. The van der Waals surface area contributed by atoms with Gasteiger partial charge in [0.05, 0.1) is 6.54 Å². The van der Waals surface area contributed by atoms with Crippen molar-refractivity contribution in [2.24, 2.45) is 0 Å². The van der Waals surface area contributed by atoms with E-state index < -0.39 is 12.1 Å². The van der Waals surface area contributed by atoms with Crippen LogP contribution in [0.15, 0.2) is 48.7 Å². The molecule has 0 bridgehead atoms. The highest BCUT2D eigenvalue weighted by Gasteiger charge is 2.39. The van der Waals surface area contributed by atoms with Gasteiger partial charge in [0.15, 0.2) is 5.78 Å². The lowest BCUT2D eigenvalue weighted by atomic mass is 9.90. The fourth-order valence-corrected chi connectivity index (χ4v) is 4.53. The van der Waals surface area contributed by atoms with Crippen LogP contribution in [-0.4, -0.2) is 40.2 Å². The monoisotopic (exact) mass is 401 g/mol. The summed E-state index contributed by atoms with van der Waals surface area (Å²) in [7, 11) is 0. The van der Waals surface area contributed by atoms with Gasteiger partial charge >= 0.3 is 6.03 Å². The van der Waals surface area contributed by atoms with Gasteiger partial charge in [0.1, 0.15) is 6.04 Å². The molecule has 3 amide bonds. The van der Waals surface area contributed by atoms with Crippen molar-refractivity contribution in [1.29, 1.82) is 0 Å². The van der Waals surface area contributed by atoms with Crippen LogP contribution in [-0.2, 0) is 24.1 Å². The zero-order valence-electron chi connectivity index (χ0n) is 16.6. The molecule has 1 aliphatic heterocycles. The van der Waals surface area contributed by atoms with Crippen LogP contribution in [0.1, 0.15) is 39.9 Å². The van der Waals surface area contributed by atoms with Crippen LogP contribution in [0.4, 0.5) is 4.79 Å². The molecule has 2 aliphatic rings. The first-order chi connectivity index (χ1) is 14.6. The van der Waals surface area contributed by atoms with Crippen molar-refractivity contribution in [3.63, 3.8) is 0 Å². The Morgan fingerprint density at radius 3 is 2.70 bits per heavy atom. The number of carbonyl (C=O) groups is 3. The Bertz CT molecular complexity index is 1160. The summed E-state index contributed by atoms with van der Waals surface area (Å²) in [5.41, 5.74) is 5.03. The van der Waals surface area contributed by atoms with Gasteiger partial charge in [-0.2, -0.15) is 0 Å². The fraction of sp³-hybridized carbons (Fsp3) is 0.292. The Morgan fingerprint density at radius 2 is 1.83 bits per heavy atom. The van der Waals surface area contributed by atoms with Crippen LogP contribution >= 0.6 is 0 Å². The molecule has 1 aromatic heterocycles. The maximum Gasteiger partial charge on any atom is 0.325 e. The molecule has 5 rings (SSSR count). The summed E-state index contributed by atoms with van der Waals surface area (Å²) in [5, 5.41) is 3.77. The molecule has 6 nitrogen and oxygen atoms in total. The summed E-state index contributed by atoms with van der Waals surface area (Å²) in [4.78, 5) is 42.3. The average molecular weight is 401 g/mol. The Balaban J connectivity index is 1.30. The number of aryl methyl sites for hydroxylation is 2. The number of imide groups is 1. The van der Waals surface area contributed by atoms with Crippen LogP contribution in [0.2, 0.25) is 0 Å². The van der Waals surface area contributed by atoms with Gasteiger partial charge in [0.2, 0.25) is 0 Å². The molecule has 6 heteroatoms. The quantitative estimate of drug-likeness (QED) is 0.508. The lowest BCUT2D eigenvalue weighted by Gasteiger charge is -2.17. The topological polar surface area (TPSA) is 82.3 Å². The molecule has 2 heterocycles. The maximum atomic E-state index is 12.9. The number of Topliss-reactive ketones (excluding diaryl/α,β-unsaturated/α-hetero) is 1. The first kappa shape index (κ1) is 18.6. The third kappa shape index (κ3) is 3.28. The predicted octanol–water partition coefficient (Wildman–Crippen LogP) is 3.39. The zero-order chi connectivity index (χ0) is 20.7. The first-order valence-corrected chi connectivity index (χ1v) is 10.4. The molecular weight excluding hydrogens is 378 g/mol. The molecule has 2 N–H and O–H groups in total. The Hall–Kier alpha value is -3.41. The van der Waals surface area contributed by atoms with E-state index >= 15 is 0 Å². The minimum absolute atomic E-state index is 0.209. The van der Waals surface area contributed by atoms with E-state index in [1.54, 1.807) is 0 Å². The third-order valence-electron chi connectivity index (χ3n) is 6.18. The molecule has 0 spiro atoms. The highest BCUT2D eigenvalue weighted by Crippen LogP contribution is 2.24.